The van der Waals surface area contributed by atoms with Crippen molar-refractivity contribution in [2.45, 2.75) is 31.7 Å². The first kappa shape index (κ1) is 8.97. The largest absolute Gasteiger partial charge is 0.330 e. The van der Waals surface area contributed by atoms with E-state index in [0.717, 1.165) is 25.1 Å². The van der Waals surface area contributed by atoms with Crippen LogP contribution in [0.2, 0.25) is 5.28 Å². The monoisotopic (exact) mass is 200 g/mol. The summed E-state index contributed by atoms with van der Waals surface area (Å²) in [6, 6.07) is 0.413. The molecule has 0 radical (unpaired) electrons. The summed E-state index contributed by atoms with van der Waals surface area (Å²) in [5.41, 5.74) is 5.54. The first-order valence-corrected chi connectivity index (χ1v) is 5.00. The molecule has 4 nitrogen and oxygen atoms in total. The number of hydrogen-bond acceptors (Lipinski definition) is 3. The molecule has 1 atom stereocenters. The standard InChI is InChI=1S/C8H13ClN4/c9-8-12-11-7-3-1-2-6(4-5-10)13(7)8/h6H,1-5,10H2. The van der Waals surface area contributed by atoms with E-state index in [4.69, 9.17) is 17.3 Å². The number of nitrogens with two attached hydrogens (primary N) is 1. The van der Waals surface area contributed by atoms with E-state index in [-0.39, 0.29) is 0 Å². The third kappa shape index (κ3) is 1.56. The molecule has 1 unspecified atom stereocenters. The highest BCUT2D eigenvalue weighted by Crippen LogP contribution is 2.28. The molecule has 1 aromatic heterocycles. The predicted octanol–water partition coefficient (Wildman–Crippen LogP) is 1.16. The number of rotatable bonds is 2. The number of fused-ring (bicyclic) bond motifs is 1. The number of halogens is 1. The first-order chi connectivity index (χ1) is 6.33. The lowest BCUT2D eigenvalue weighted by Gasteiger charge is -2.24. The molecule has 0 aromatic carbocycles. The van der Waals surface area contributed by atoms with Gasteiger partial charge in [0.25, 0.3) is 0 Å². The van der Waals surface area contributed by atoms with Crippen molar-refractivity contribution < 1.29 is 0 Å². The van der Waals surface area contributed by atoms with Gasteiger partial charge >= 0.3 is 0 Å². The SMILES string of the molecule is NCCC1CCCc2nnc(Cl)n21. The number of aromatic nitrogens is 3. The van der Waals surface area contributed by atoms with Crippen LogP contribution in [0.15, 0.2) is 0 Å². The Morgan fingerprint density at radius 3 is 3.15 bits per heavy atom. The fourth-order valence-electron chi connectivity index (χ4n) is 1.92. The molecule has 0 saturated heterocycles. The van der Waals surface area contributed by atoms with E-state index >= 15 is 0 Å². The van der Waals surface area contributed by atoms with Crippen LogP contribution in [0.3, 0.4) is 0 Å². The van der Waals surface area contributed by atoms with Crippen molar-refractivity contribution in [3.63, 3.8) is 0 Å². The zero-order valence-corrected chi connectivity index (χ0v) is 8.17. The molecule has 72 valence electrons. The molecule has 0 fully saturated rings. The molecule has 0 bridgehead atoms. The quantitative estimate of drug-likeness (QED) is 0.780. The summed E-state index contributed by atoms with van der Waals surface area (Å²) in [4.78, 5) is 0. The van der Waals surface area contributed by atoms with E-state index < -0.39 is 0 Å². The summed E-state index contributed by atoms with van der Waals surface area (Å²) < 4.78 is 2.03. The Morgan fingerprint density at radius 2 is 2.38 bits per heavy atom. The van der Waals surface area contributed by atoms with Gasteiger partial charge in [0.1, 0.15) is 5.82 Å². The van der Waals surface area contributed by atoms with Crippen LogP contribution in [0.1, 0.15) is 31.1 Å². The second kappa shape index (κ2) is 3.64. The highest BCUT2D eigenvalue weighted by Gasteiger charge is 2.22. The van der Waals surface area contributed by atoms with Crippen molar-refractivity contribution in [2.75, 3.05) is 6.54 Å². The molecule has 2 heterocycles. The summed E-state index contributed by atoms with van der Waals surface area (Å²) in [6.45, 7) is 0.693. The Hall–Kier alpha value is -0.610. The minimum atomic E-state index is 0.413. The maximum Gasteiger partial charge on any atom is 0.225 e. The average Bonchev–Trinajstić information content (AvgIpc) is 2.50. The molecule has 2 rings (SSSR count). The Kier molecular flexibility index (Phi) is 2.51. The fourth-order valence-corrected chi connectivity index (χ4v) is 2.20. The van der Waals surface area contributed by atoms with Gasteiger partial charge in [0.15, 0.2) is 0 Å². The third-order valence-corrected chi connectivity index (χ3v) is 2.79. The topological polar surface area (TPSA) is 56.7 Å². The van der Waals surface area contributed by atoms with Gasteiger partial charge in [-0.05, 0) is 37.4 Å². The summed E-state index contributed by atoms with van der Waals surface area (Å²) in [7, 11) is 0. The van der Waals surface area contributed by atoms with Crippen molar-refractivity contribution in [1.29, 1.82) is 0 Å². The van der Waals surface area contributed by atoms with Gasteiger partial charge in [-0.25, -0.2) is 0 Å². The van der Waals surface area contributed by atoms with E-state index in [9.17, 15) is 0 Å². The lowest BCUT2D eigenvalue weighted by atomic mass is 10.0. The van der Waals surface area contributed by atoms with Gasteiger partial charge in [-0.1, -0.05) is 0 Å². The normalized spacial score (nSPS) is 21.5. The van der Waals surface area contributed by atoms with Crippen molar-refractivity contribution >= 4 is 11.6 Å². The molecular weight excluding hydrogens is 188 g/mol. The van der Waals surface area contributed by atoms with Crippen LogP contribution in [0.25, 0.3) is 0 Å². The summed E-state index contributed by atoms with van der Waals surface area (Å²) in [5, 5.41) is 8.40. The molecule has 1 aromatic rings. The second-order valence-corrected chi connectivity index (χ2v) is 3.72. The van der Waals surface area contributed by atoms with Crippen molar-refractivity contribution in [1.82, 2.24) is 14.8 Å². The van der Waals surface area contributed by atoms with Crippen LogP contribution in [-0.4, -0.2) is 21.3 Å². The zero-order valence-electron chi connectivity index (χ0n) is 7.41. The van der Waals surface area contributed by atoms with E-state index in [1.165, 1.54) is 6.42 Å². The summed E-state index contributed by atoms with van der Waals surface area (Å²) >= 11 is 5.94. The zero-order chi connectivity index (χ0) is 9.26. The maximum absolute atomic E-state index is 5.94. The lowest BCUT2D eigenvalue weighted by Crippen LogP contribution is -2.20. The number of nitrogens with zero attached hydrogens (tertiary/aromatic N) is 3. The van der Waals surface area contributed by atoms with Gasteiger partial charge in [-0.15, -0.1) is 10.2 Å². The maximum atomic E-state index is 5.94. The molecule has 0 amide bonds. The van der Waals surface area contributed by atoms with E-state index in [1.54, 1.807) is 0 Å². The van der Waals surface area contributed by atoms with Gasteiger partial charge in [0.05, 0.1) is 0 Å². The summed E-state index contributed by atoms with van der Waals surface area (Å²) in [6.07, 6.45) is 4.26. The van der Waals surface area contributed by atoms with Crippen molar-refractivity contribution in [2.24, 2.45) is 5.73 Å². The van der Waals surface area contributed by atoms with Crippen LogP contribution in [0.5, 0.6) is 0 Å². The van der Waals surface area contributed by atoms with Crippen LogP contribution >= 0.6 is 11.6 Å². The van der Waals surface area contributed by atoms with Gasteiger partial charge in [-0.2, -0.15) is 0 Å². The number of hydrogen-bond donors (Lipinski definition) is 1. The van der Waals surface area contributed by atoms with E-state index in [2.05, 4.69) is 10.2 Å². The molecule has 1 aliphatic heterocycles. The van der Waals surface area contributed by atoms with E-state index in [0.29, 0.717) is 17.9 Å². The Morgan fingerprint density at radius 1 is 1.54 bits per heavy atom. The Balaban J connectivity index is 2.29. The van der Waals surface area contributed by atoms with Gasteiger partial charge in [-0.3, -0.25) is 4.57 Å². The second-order valence-electron chi connectivity index (χ2n) is 3.38. The van der Waals surface area contributed by atoms with Gasteiger partial charge < -0.3 is 5.73 Å². The van der Waals surface area contributed by atoms with Gasteiger partial charge in [0.2, 0.25) is 5.28 Å². The van der Waals surface area contributed by atoms with Crippen LogP contribution in [-0.2, 0) is 6.42 Å². The fraction of sp³-hybridized carbons (Fsp3) is 0.750. The molecule has 0 aliphatic carbocycles. The van der Waals surface area contributed by atoms with Crippen molar-refractivity contribution in [3.05, 3.63) is 11.1 Å². The minimum absolute atomic E-state index is 0.413. The summed E-state index contributed by atoms with van der Waals surface area (Å²) in [5.74, 6) is 1.01. The first-order valence-electron chi connectivity index (χ1n) is 4.62. The highest BCUT2D eigenvalue weighted by molar-refractivity contribution is 6.28. The van der Waals surface area contributed by atoms with Crippen molar-refractivity contribution in [3.8, 4) is 0 Å². The number of aryl methyl sites for hydroxylation is 1. The van der Waals surface area contributed by atoms with Gasteiger partial charge in [0, 0.05) is 12.5 Å². The van der Waals surface area contributed by atoms with Crippen LogP contribution in [0.4, 0.5) is 0 Å². The Labute approximate surface area is 82.1 Å². The molecular formula is C8H13ClN4. The predicted molar refractivity (Wildman–Crippen MR) is 50.7 cm³/mol. The average molecular weight is 201 g/mol. The lowest BCUT2D eigenvalue weighted by molar-refractivity contribution is 0.379. The smallest absolute Gasteiger partial charge is 0.225 e. The Bertz CT molecular complexity index is 296. The molecule has 0 spiro atoms. The third-order valence-electron chi connectivity index (χ3n) is 2.53. The van der Waals surface area contributed by atoms with E-state index in [1.807, 2.05) is 4.57 Å². The highest BCUT2D eigenvalue weighted by atomic mass is 35.5. The minimum Gasteiger partial charge on any atom is -0.330 e. The van der Waals surface area contributed by atoms with Crippen LogP contribution < -0.4 is 5.73 Å². The van der Waals surface area contributed by atoms with Crippen LogP contribution in [0, 0.1) is 0 Å². The molecule has 1 aliphatic rings. The molecule has 13 heavy (non-hydrogen) atoms. The molecule has 2 N–H and O–H groups in total. The molecule has 0 saturated carbocycles. The molecule has 5 heteroatoms.